The van der Waals surface area contributed by atoms with Crippen LogP contribution in [0.4, 0.5) is 5.69 Å². The highest BCUT2D eigenvalue weighted by Gasteiger charge is 2.25. The molecule has 3 N–H and O–H groups in total. The number of sulfonamides is 1. The average molecular weight is 381 g/mol. The van der Waals surface area contributed by atoms with Gasteiger partial charge in [-0.1, -0.05) is 0 Å². The summed E-state index contributed by atoms with van der Waals surface area (Å²) in [5, 5.41) is 0. The van der Waals surface area contributed by atoms with E-state index in [0.717, 1.165) is 0 Å². The van der Waals surface area contributed by atoms with Gasteiger partial charge < -0.3 is 15.2 Å². The number of hydrogen-bond acceptors (Lipinski definition) is 5. The van der Waals surface area contributed by atoms with Crippen molar-refractivity contribution in [2.45, 2.75) is 31.3 Å². The van der Waals surface area contributed by atoms with Crippen molar-refractivity contribution in [3.63, 3.8) is 0 Å². The first-order valence-electron chi connectivity index (χ1n) is 6.39. The summed E-state index contributed by atoms with van der Waals surface area (Å²) in [6.07, 6.45) is 0. The van der Waals surface area contributed by atoms with Gasteiger partial charge >= 0.3 is 0 Å². The topological polar surface area (TPSA) is 90.7 Å². The number of methoxy groups -OCH3 is 1. The molecule has 0 radical (unpaired) electrons. The number of halogens is 1. The lowest BCUT2D eigenvalue weighted by Crippen LogP contribution is -2.40. The zero-order valence-corrected chi connectivity index (χ0v) is 15.0. The molecule has 0 saturated heterocycles. The minimum atomic E-state index is -3.75. The molecular weight excluding hydrogens is 360 g/mol. The molecule has 0 aliphatic rings. The summed E-state index contributed by atoms with van der Waals surface area (Å²) in [6.45, 7) is 6.12. The van der Waals surface area contributed by atoms with Gasteiger partial charge in [0.15, 0.2) is 0 Å². The van der Waals surface area contributed by atoms with Gasteiger partial charge in [-0.15, -0.1) is 0 Å². The highest BCUT2D eigenvalue weighted by molar-refractivity contribution is 9.10. The number of anilines is 1. The predicted octanol–water partition coefficient (Wildman–Crippen LogP) is 2.13. The third-order valence-electron chi connectivity index (χ3n) is 2.80. The maximum atomic E-state index is 12.4. The Morgan fingerprint density at radius 1 is 1.38 bits per heavy atom. The quantitative estimate of drug-likeness (QED) is 0.707. The van der Waals surface area contributed by atoms with E-state index in [0.29, 0.717) is 16.8 Å². The molecule has 0 spiro atoms. The van der Waals surface area contributed by atoms with Crippen LogP contribution in [0.15, 0.2) is 21.5 Å². The molecule has 120 valence electrons. The number of nitrogen functional groups attached to an aromatic ring is 1. The van der Waals surface area contributed by atoms with Gasteiger partial charge in [-0.25, -0.2) is 13.1 Å². The lowest BCUT2D eigenvalue weighted by Gasteiger charge is -2.25. The van der Waals surface area contributed by atoms with E-state index >= 15 is 0 Å². The number of nitrogens with two attached hydrogens (primary N) is 1. The molecule has 21 heavy (non-hydrogen) atoms. The molecule has 0 aliphatic carbocycles. The lowest BCUT2D eigenvalue weighted by molar-refractivity contribution is -0.00515. The maximum Gasteiger partial charge on any atom is 0.244 e. The van der Waals surface area contributed by atoms with Crippen molar-refractivity contribution in [3.8, 4) is 5.75 Å². The molecule has 1 aromatic carbocycles. The molecule has 0 amide bonds. The summed E-state index contributed by atoms with van der Waals surface area (Å²) in [6, 6.07) is 2.89. The minimum Gasteiger partial charge on any atom is -0.495 e. The van der Waals surface area contributed by atoms with Crippen molar-refractivity contribution in [1.82, 2.24) is 4.72 Å². The number of ether oxygens (including phenoxy) is 2. The van der Waals surface area contributed by atoms with Gasteiger partial charge in [-0.3, -0.25) is 0 Å². The van der Waals surface area contributed by atoms with Gasteiger partial charge in [0.1, 0.15) is 10.6 Å². The SMILES string of the molecule is CCOC(C)(C)CNS(=O)(=O)c1cc(N)c(Br)cc1OC. The fourth-order valence-electron chi connectivity index (χ4n) is 1.71. The summed E-state index contributed by atoms with van der Waals surface area (Å²) in [5.41, 5.74) is 5.47. The molecule has 1 aromatic rings. The Morgan fingerprint density at radius 2 is 2.00 bits per heavy atom. The normalized spacial score (nSPS) is 12.4. The van der Waals surface area contributed by atoms with Crippen molar-refractivity contribution in [3.05, 3.63) is 16.6 Å². The Morgan fingerprint density at radius 3 is 2.52 bits per heavy atom. The van der Waals surface area contributed by atoms with Crippen LogP contribution in [0.3, 0.4) is 0 Å². The first-order chi connectivity index (χ1) is 9.63. The van der Waals surface area contributed by atoms with Crippen molar-refractivity contribution in [2.24, 2.45) is 0 Å². The molecule has 0 aliphatic heterocycles. The third kappa shape index (κ3) is 4.84. The van der Waals surface area contributed by atoms with Crippen LogP contribution >= 0.6 is 15.9 Å². The second-order valence-electron chi connectivity index (χ2n) is 5.04. The summed E-state index contributed by atoms with van der Waals surface area (Å²) < 4.78 is 38.5. The summed E-state index contributed by atoms with van der Waals surface area (Å²) in [4.78, 5) is -0.00185. The Kier molecular flexibility index (Phi) is 6.03. The van der Waals surface area contributed by atoms with Gasteiger partial charge in [0.25, 0.3) is 0 Å². The average Bonchev–Trinajstić information content (AvgIpc) is 2.39. The van der Waals surface area contributed by atoms with Gasteiger partial charge in [-0.2, -0.15) is 0 Å². The zero-order valence-electron chi connectivity index (χ0n) is 12.6. The molecule has 8 heteroatoms. The molecule has 0 bridgehead atoms. The largest absolute Gasteiger partial charge is 0.495 e. The van der Waals surface area contributed by atoms with Crippen molar-refractivity contribution in [2.75, 3.05) is 26.0 Å². The van der Waals surface area contributed by atoms with E-state index in [9.17, 15) is 8.42 Å². The first kappa shape index (κ1) is 18.2. The molecule has 0 atom stereocenters. The fraction of sp³-hybridized carbons (Fsp3) is 0.538. The van der Waals surface area contributed by atoms with E-state index in [2.05, 4.69) is 20.7 Å². The van der Waals surface area contributed by atoms with E-state index < -0.39 is 15.6 Å². The molecule has 0 saturated carbocycles. The molecule has 6 nitrogen and oxygen atoms in total. The highest BCUT2D eigenvalue weighted by Crippen LogP contribution is 2.32. The van der Waals surface area contributed by atoms with E-state index in [-0.39, 0.29) is 17.2 Å². The first-order valence-corrected chi connectivity index (χ1v) is 8.67. The van der Waals surface area contributed by atoms with Crippen LogP contribution in [0.25, 0.3) is 0 Å². The van der Waals surface area contributed by atoms with Crippen LogP contribution in [-0.4, -0.2) is 34.3 Å². The Hall–Kier alpha value is -0.830. The van der Waals surface area contributed by atoms with Crippen molar-refractivity contribution >= 4 is 31.6 Å². The summed E-state index contributed by atoms with van der Waals surface area (Å²) in [7, 11) is -2.35. The van der Waals surface area contributed by atoms with E-state index in [1.165, 1.54) is 19.2 Å². The molecule has 0 unspecified atom stereocenters. The van der Waals surface area contributed by atoms with Crippen molar-refractivity contribution < 1.29 is 17.9 Å². The predicted molar refractivity (Wildman–Crippen MR) is 86.0 cm³/mol. The zero-order chi connectivity index (χ0) is 16.3. The van der Waals surface area contributed by atoms with Crippen LogP contribution in [0.1, 0.15) is 20.8 Å². The highest BCUT2D eigenvalue weighted by atomic mass is 79.9. The monoisotopic (exact) mass is 380 g/mol. The van der Waals surface area contributed by atoms with Gasteiger partial charge in [-0.05, 0) is 48.8 Å². The molecule has 0 heterocycles. The van der Waals surface area contributed by atoms with Crippen LogP contribution in [0.5, 0.6) is 5.75 Å². The van der Waals surface area contributed by atoms with Crippen LogP contribution in [0.2, 0.25) is 0 Å². The molecular formula is C13H21BrN2O4S. The van der Waals surface area contributed by atoms with Crippen LogP contribution in [0, 0.1) is 0 Å². The van der Waals surface area contributed by atoms with Crippen LogP contribution in [-0.2, 0) is 14.8 Å². The smallest absolute Gasteiger partial charge is 0.244 e. The van der Waals surface area contributed by atoms with Gasteiger partial charge in [0.05, 0.1) is 12.7 Å². The maximum absolute atomic E-state index is 12.4. The fourth-order valence-corrected chi connectivity index (χ4v) is 3.41. The molecule has 0 aromatic heterocycles. The molecule has 1 rings (SSSR count). The Labute approximate surface area is 134 Å². The lowest BCUT2D eigenvalue weighted by atomic mass is 10.1. The minimum absolute atomic E-state index is 0.00185. The molecule has 0 fully saturated rings. The van der Waals surface area contributed by atoms with Gasteiger partial charge in [0, 0.05) is 23.3 Å². The second kappa shape index (κ2) is 6.95. The number of rotatable bonds is 7. The number of nitrogens with one attached hydrogen (secondary N) is 1. The Bertz CT molecular complexity index is 602. The third-order valence-corrected chi connectivity index (χ3v) is 4.90. The van der Waals surface area contributed by atoms with Crippen LogP contribution < -0.4 is 15.2 Å². The van der Waals surface area contributed by atoms with Gasteiger partial charge in [0.2, 0.25) is 10.0 Å². The summed E-state index contributed by atoms with van der Waals surface area (Å²) >= 11 is 3.24. The standard InChI is InChI=1S/C13H21BrN2O4S/c1-5-20-13(2,3)8-16-21(17,18)12-7-10(15)9(14)6-11(12)19-4/h6-7,16H,5,8,15H2,1-4H3. The Balaban J connectivity index is 3.06. The van der Waals surface area contributed by atoms with E-state index in [4.69, 9.17) is 15.2 Å². The van der Waals surface area contributed by atoms with E-state index in [1.807, 2.05) is 20.8 Å². The van der Waals surface area contributed by atoms with E-state index in [1.54, 1.807) is 0 Å². The number of benzene rings is 1. The van der Waals surface area contributed by atoms with Crippen molar-refractivity contribution in [1.29, 1.82) is 0 Å². The number of hydrogen-bond donors (Lipinski definition) is 2. The second-order valence-corrected chi connectivity index (χ2v) is 7.63. The summed E-state index contributed by atoms with van der Waals surface area (Å²) in [5.74, 6) is 0.220.